The summed E-state index contributed by atoms with van der Waals surface area (Å²) in [6.45, 7) is 2.43. The maximum atomic E-state index is 12.4. The molecule has 2 rings (SSSR count). The van der Waals surface area contributed by atoms with E-state index < -0.39 is 17.1 Å². The Hall–Kier alpha value is -2.42. The molecule has 24 heavy (non-hydrogen) atoms. The van der Waals surface area contributed by atoms with E-state index in [1.54, 1.807) is 12.1 Å². The van der Waals surface area contributed by atoms with Crippen molar-refractivity contribution in [3.05, 3.63) is 47.0 Å². The summed E-state index contributed by atoms with van der Waals surface area (Å²) >= 11 is 0.270. The summed E-state index contributed by atoms with van der Waals surface area (Å²) in [7, 11) is 0. The van der Waals surface area contributed by atoms with E-state index in [-0.39, 0.29) is 22.0 Å². The number of alkyl halides is 3. The zero-order chi connectivity index (χ0) is 17.6. The molecular weight excluding hydrogens is 343 g/mol. The number of allylic oxidation sites excluding steroid dienone is 1. The van der Waals surface area contributed by atoms with Crippen LogP contribution in [0.1, 0.15) is 28.7 Å². The number of nitrogens with one attached hydrogen (secondary N) is 1. The first-order valence-corrected chi connectivity index (χ1v) is 7.81. The maximum Gasteiger partial charge on any atom is 0.445 e. The summed E-state index contributed by atoms with van der Waals surface area (Å²) in [5.41, 5.74) is 0.273. The van der Waals surface area contributed by atoms with Crippen molar-refractivity contribution in [2.75, 3.05) is 11.9 Å². The van der Waals surface area contributed by atoms with Gasteiger partial charge in [0.15, 0.2) is 0 Å². The lowest BCUT2D eigenvalue weighted by Crippen LogP contribution is -2.11. The first-order chi connectivity index (χ1) is 11.4. The van der Waals surface area contributed by atoms with Crippen molar-refractivity contribution in [3.8, 4) is 5.75 Å². The molecule has 1 aromatic carbocycles. The van der Waals surface area contributed by atoms with Gasteiger partial charge in [0.2, 0.25) is 10.1 Å². The minimum atomic E-state index is -4.58. The van der Waals surface area contributed by atoms with Crippen LogP contribution in [0.5, 0.6) is 5.75 Å². The fourth-order valence-electron chi connectivity index (χ4n) is 1.64. The van der Waals surface area contributed by atoms with Crippen molar-refractivity contribution >= 4 is 22.4 Å². The molecule has 0 unspecified atom stereocenters. The van der Waals surface area contributed by atoms with Gasteiger partial charge in [0.25, 0.3) is 5.91 Å². The number of carbonyl (C=O) groups excluding carboxylic acids is 1. The van der Waals surface area contributed by atoms with Crippen molar-refractivity contribution in [1.82, 2.24) is 10.2 Å². The molecule has 0 saturated heterocycles. The van der Waals surface area contributed by atoms with Crippen LogP contribution in [0.4, 0.5) is 18.3 Å². The van der Waals surface area contributed by atoms with Gasteiger partial charge in [-0.1, -0.05) is 30.4 Å². The molecule has 0 atom stereocenters. The number of hydrogen-bond acceptors (Lipinski definition) is 5. The molecule has 5 nitrogen and oxygen atoms in total. The molecule has 0 saturated carbocycles. The third-order valence-electron chi connectivity index (χ3n) is 2.75. The Morgan fingerprint density at radius 2 is 1.96 bits per heavy atom. The number of anilines is 1. The quantitative estimate of drug-likeness (QED) is 0.789. The third-order valence-corrected chi connectivity index (χ3v) is 3.64. The molecular formula is C15H14F3N3O2S. The lowest BCUT2D eigenvalue weighted by molar-refractivity contribution is -0.138. The molecule has 128 valence electrons. The van der Waals surface area contributed by atoms with Gasteiger partial charge in [-0.25, -0.2) is 0 Å². The Morgan fingerprint density at radius 1 is 1.25 bits per heavy atom. The van der Waals surface area contributed by atoms with E-state index in [1.165, 1.54) is 12.1 Å². The lowest BCUT2D eigenvalue weighted by Gasteiger charge is -2.05. The molecule has 0 aliphatic carbocycles. The number of halogens is 3. The number of carbonyl (C=O) groups is 1. The predicted octanol–water partition coefficient (Wildman–Crippen LogP) is 4.15. The Labute approximate surface area is 140 Å². The zero-order valence-electron chi connectivity index (χ0n) is 12.6. The van der Waals surface area contributed by atoms with Crippen molar-refractivity contribution in [1.29, 1.82) is 0 Å². The fraction of sp³-hybridized carbons (Fsp3) is 0.267. The summed E-state index contributed by atoms with van der Waals surface area (Å²) in [6.07, 6.45) is 0.198. The minimum absolute atomic E-state index is 0.211. The molecule has 0 aliphatic heterocycles. The highest BCUT2D eigenvalue weighted by Crippen LogP contribution is 2.33. The highest BCUT2D eigenvalue weighted by atomic mass is 32.1. The molecule has 0 spiro atoms. The summed E-state index contributed by atoms with van der Waals surface area (Å²) in [5, 5.41) is 7.27. The second kappa shape index (κ2) is 7.91. The number of amides is 1. The van der Waals surface area contributed by atoms with Gasteiger partial charge in [-0.3, -0.25) is 10.1 Å². The first-order valence-electron chi connectivity index (χ1n) is 7.00. The SMILES string of the molecule is CC/C=C/COc1ccc(C(=O)Nc2nnc(C(F)(F)F)s2)cc1. The van der Waals surface area contributed by atoms with Gasteiger partial charge in [-0.15, -0.1) is 10.2 Å². The summed E-state index contributed by atoms with van der Waals surface area (Å²) < 4.78 is 42.7. The number of aromatic nitrogens is 2. The van der Waals surface area contributed by atoms with Gasteiger partial charge in [-0.2, -0.15) is 13.2 Å². The summed E-state index contributed by atoms with van der Waals surface area (Å²) in [5.74, 6) is 0.0138. The van der Waals surface area contributed by atoms with Crippen LogP contribution in [-0.4, -0.2) is 22.7 Å². The van der Waals surface area contributed by atoms with E-state index in [0.717, 1.165) is 6.42 Å². The van der Waals surface area contributed by atoms with Crippen LogP contribution in [0, 0.1) is 0 Å². The number of hydrogen-bond donors (Lipinski definition) is 1. The largest absolute Gasteiger partial charge is 0.490 e. The highest BCUT2D eigenvalue weighted by Gasteiger charge is 2.35. The van der Waals surface area contributed by atoms with Crippen LogP contribution in [0.2, 0.25) is 0 Å². The Balaban J connectivity index is 1.95. The number of rotatable bonds is 6. The Morgan fingerprint density at radius 3 is 2.54 bits per heavy atom. The minimum Gasteiger partial charge on any atom is -0.490 e. The molecule has 2 aromatic rings. The molecule has 1 N–H and O–H groups in total. The Bertz CT molecular complexity index is 711. The van der Waals surface area contributed by atoms with Gasteiger partial charge >= 0.3 is 6.18 Å². The van der Waals surface area contributed by atoms with E-state index in [2.05, 4.69) is 15.5 Å². The lowest BCUT2D eigenvalue weighted by atomic mass is 10.2. The zero-order valence-corrected chi connectivity index (χ0v) is 13.4. The second-order valence-corrected chi connectivity index (χ2v) is 5.56. The van der Waals surface area contributed by atoms with Crippen molar-refractivity contribution < 1.29 is 22.7 Å². The molecule has 0 bridgehead atoms. The van der Waals surface area contributed by atoms with E-state index in [9.17, 15) is 18.0 Å². The molecule has 0 aliphatic rings. The highest BCUT2D eigenvalue weighted by molar-refractivity contribution is 7.15. The van der Waals surface area contributed by atoms with E-state index >= 15 is 0 Å². The monoisotopic (exact) mass is 357 g/mol. The van der Waals surface area contributed by atoms with E-state index in [1.807, 2.05) is 19.1 Å². The normalized spacial score (nSPS) is 11.7. The van der Waals surface area contributed by atoms with E-state index in [4.69, 9.17) is 4.74 Å². The molecule has 1 heterocycles. The average Bonchev–Trinajstić information content (AvgIpc) is 3.01. The van der Waals surface area contributed by atoms with Crippen LogP contribution in [0.3, 0.4) is 0 Å². The molecule has 1 aromatic heterocycles. The number of ether oxygens (including phenoxy) is 1. The topological polar surface area (TPSA) is 64.1 Å². The van der Waals surface area contributed by atoms with Crippen LogP contribution in [0.25, 0.3) is 0 Å². The summed E-state index contributed by atoms with van der Waals surface area (Å²) in [4.78, 5) is 12.0. The van der Waals surface area contributed by atoms with Crippen LogP contribution < -0.4 is 10.1 Å². The first kappa shape index (κ1) is 17.9. The predicted molar refractivity (Wildman–Crippen MR) is 84.2 cm³/mol. The van der Waals surface area contributed by atoms with Gasteiger partial charge in [0, 0.05) is 5.56 Å². The van der Waals surface area contributed by atoms with Crippen LogP contribution >= 0.6 is 11.3 Å². The standard InChI is InChI=1S/C15H14F3N3O2S/c1-2-3-4-9-23-11-7-5-10(6-8-11)12(22)19-14-21-20-13(24-14)15(16,17)18/h3-8H,2,9H2,1H3,(H,19,21,22)/b4-3+. The van der Waals surface area contributed by atoms with Crippen LogP contribution in [0.15, 0.2) is 36.4 Å². The molecule has 0 radical (unpaired) electrons. The molecule has 0 fully saturated rings. The maximum absolute atomic E-state index is 12.4. The van der Waals surface area contributed by atoms with Gasteiger partial charge in [-0.05, 0) is 30.7 Å². The molecule has 9 heteroatoms. The van der Waals surface area contributed by atoms with Gasteiger partial charge in [0.1, 0.15) is 12.4 Å². The van der Waals surface area contributed by atoms with E-state index in [0.29, 0.717) is 12.4 Å². The van der Waals surface area contributed by atoms with Gasteiger partial charge < -0.3 is 4.74 Å². The smallest absolute Gasteiger partial charge is 0.445 e. The molecule has 1 amide bonds. The average molecular weight is 357 g/mol. The van der Waals surface area contributed by atoms with Crippen molar-refractivity contribution in [2.24, 2.45) is 0 Å². The van der Waals surface area contributed by atoms with Crippen molar-refractivity contribution in [3.63, 3.8) is 0 Å². The Kier molecular flexibility index (Phi) is 5.91. The summed E-state index contributed by atoms with van der Waals surface area (Å²) in [6, 6.07) is 6.24. The van der Waals surface area contributed by atoms with Crippen LogP contribution in [-0.2, 0) is 6.18 Å². The van der Waals surface area contributed by atoms with Gasteiger partial charge in [0.05, 0.1) is 0 Å². The second-order valence-electron chi connectivity index (χ2n) is 4.58. The number of benzene rings is 1. The third kappa shape index (κ3) is 5.05. The van der Waals surface area contributed by atoms with Crippen molar-refractivity contribution in [2.45, 2.75) is 19.5 Å². The fourth-order valence-corrected chi connectivity index (χ4v) is 2.25. The number of nitrogens with zero attached hydrogens (tertiary/aromatic N) is 2.